The van der Waals surface area contributed by atoms with Crippen molar-refractivity contribution in [3.05, 3.63) is 35.5 Å². The second kappa shape index (κ2) is 8.76. The first kappa shape index (κ1) is 20.4. The lowest BCUT2D eigenvalue weighted by Gasteiger charge is -2.43. The Balaban J connectivity index is 1.95. The minimum absolute atomic E-state index is 0.193. The Kier molecular flexibility index (Phi) is 6.61. The first-order valence-electron chi connectivity index (χ1n) is 10.6. The summed E-state index contributed by atoms with van der Waals surface area (Å²) in [5.41, 5.74) is 3.41. The lowest BCUT2D eigenvalue weighted by molar-refractivity contribution is -0.105. The van der Waals surface area contributed by atoms with Crippen LogP contribution in [0.3, 0.4) is 0 Å². The number of aliphatic hydroxyl groups excluding tert-OH is 1. The summed E-state index contributed by atoms with van der Waals surface area (Å²) in [6, 6.07) is 9.04. The maximum atomic E-state index is 9.81. The van der Waals surface area contributed by atoms with E-state index >= 15 is 0 Å². The molecule has 1 aliphatic heterocycles. The Hall–Kier alpha value is -1.36. The topological polar surface area (TPSA) is 48.5 Å². The molecule has 0 bridgehead atoms. The molecule has 2 unspecified atom stereocenters. The molecular formula is C23H36N2O2. The molecule has 1 aliphatic rings. The lowest BCUT2D eigenvalue weighted by atomic mass is 9.79. The average molecular weight is 373 g/mol. The molecule has 4 heteroatoms. The SMILES string of the molecule is CCCCN(CC(CCO)C1(C)OCCc2c1[nH]c1ccccc21)C(C)C. The molecule has 27 heavy (non-hydrogen) atoms. The van der Waals surface area contributed by atoms with Crippen LogP contribution in [0.5, 0.6) is 0 Å². The third kappa shape index (κ3) is 4.08. The number of nitrogens with one attached hydrogen (secondary N) is 1. The number of para-hydroxylation sites is 1. The number of nitrogens with zero attached hydrogens (tertiary/aromatic N) is 1. The second-order valence-corrected chi connectivity index (χ2v) is 8.38. The Morgan fingerprint density at radius 2 is 2.07 bits per heavy atom. The molecule has 0 amide bonds. The zero-order chi connectivity index (χ0) is 19.4. The Bertz CT molecular complexity index is 739. The summed E-state index contributed by atoms with van der Waals surface area (Å²) < 4.78 is 6.45. The van der Waals surface area contributed by atoms with Gasteiger partial charge < -0.3 is 19.7 Å². The molecule has 2 atom stereocenters. The van der Waals surface area contributed by atoms with Gasteiger partial charge in [-0.15, -0.1) is 0 Å². The smallest absolute Gasteiger partial charge is 0.109 e. The number of ether oxygens (including phenoxy) is 1. The van der Waals surface area contributed by atoms with Gasteiger partial charge in [0.25, 0.3) is 0 Å². The number of rotatable bonds is 9. The minimum Gasteiger partial charge on any atom is -0.396 e. The zero-order valence-corrected chi connectivity index (χ0v) is 17.4. The largest absolute Gasteiger partial charge is 0.396 e. The van der Waals surface area contributed by atoms with E-state index in [1.807, 2.05) is 0 Å². The second-order valence-electron chi connectivity index (χ2n) is 8.38. The summed E-state index contributed by atoms with van der Waals surface area (Å²) in [6.07, 6.45) is 4.11. The number of hydrogen-bond acceptors (Lipinski definition) is 3. The molecule has 2 aromatic rings. The van der Waals surface area contributed by atoms with E-state index in [9.17, 15) is 5.11 Å². The average Bonchev–Trinajstić information content (AvgIpc) is 3.04. The van der Waals surface area contributed by atoms with Crippen LogP contribution < -0.4 is 0 Å². The van der Waals surface area contributed by atoms with Crippen molar-refractivity contribution in [3.8, 4) is 0 Å². The van der Waals surface area contributed by atoms with Crippen LogP contribution in [0.2, 0.25) is 0 Å². The van der Waals surface area contributed by atoms with E-state index < -0.39 is 5.60 Å². The van der Waals surface area contributed by atoms with Crippen LogP contribution in [-0.4, -0.2) is 47.3 Å². The number of benzene rings is 1. The molecule has 4 nitrogen and oxygen atoms in total. The molecule has 0 spiro atoms. The van der Waals surface area contributed by atoms with Crippen molar-refractivity contribution < 1.29 is 9.84 Å². The van der Waals surface area contributed by atoms with Gasteiger partial charge in [-0.3, -0.25) is 0 Å². The van der Waals surface area contributed by atoms with Gasteiger partial charge in [-0.2, -0.15) is 0 Å². The van der Waals surface area contributed by atoms with Gasteiger partial charge in [0.1, 0.15) is 5.60 Å². The normalized spacial score (nSPS) is 21.1. The summed E-state index contributed by atoms with van der Waals surface area (Å²) in [5, 5.41) is 11.1. The van der Waals surface area contributed by atoms with Gasteiger partial charge in [-0.25, -0.2) is 0 Å². The molecule has 0 radical (unpaired) electrons. The van der Waals surface area contributed by atoms with Gasteiger partial charge in [0.05, 0.1) is 12.3 Å². The van der Waals surface area contributed by atoms with Crippen molar-refractivity contribution in [2.75, 3.05) is 26.3 Å². The highest BCUT2D eigenvalue weighted by Gasteiger charge is 2.43. The highest BCUT2D eigenvalue weighted by atomic mass is 16.5. The number of aliphatic hydroxyl groups is 1. The monoisotopic (exact) mass is 372 g/mol. The number of H-pyrrole nitrogens is 1. The van der Waals surface area contributed by atoms with E-state index in [-0.39, 0.29) is 12.5 Å². The fourth-order valence-electron chi connectivity index (χ4n) is 4.54. The van der Waals surface area contributed by atoms with Crippen molar-refractivity contribution in [1.82, 2.24) is 9.88 Å². The predicted molar refractivity (Wildman–Crippen MR) is 112 cm³/mol. The summed E-state index contributed by atoms with van der Waals surface area (Å²) >= 11 is 0. The molecular weight excluding hydrogens is 336 g/mol. The van der Waals surface area contributed by atoms with Crippen LogP contribution in [0.4, 0.5) is 0 Å². The predicted octanol–water partition coefficient (Wildman–Crippen LogP) is 4.46. The van der Waals surface area contributed by atoms with E-state index in [4.69, 9.17) is 4.74 Å². The van der Waals surface area contributed by atoms with E-state index in [2.05, 4.69) is 61.8 Å². The number of aromatic amines is 1. The molecule has 0 aliphatic carbocycles. The van der Waals surface area contributed by atoms with Crippen molar-refractivity contribution in [3.63, 3.8) is 0 Å². The van der Waals surface area contributed by atoms with Crippen LogP contribution in [-0.2, 0) is 16.8 Å². The number of hydrogen-bond donors (Lipinski definition) is 2. The van der Waals surface area contributed by atoms with Crippen molar-refractivity contribution >= 4 is 10.9 Å². The molecule has 1 aromatic carbocycles. The number of aromatic nitrogens is 1. The zero-order valence-electron chi connectivity index (χ0n) is 17.4. The summed E-state index contributed by atoms with van der Waals surface area (Å²) in [6.45, 7) is 12.0. The summed E-state index contributed by atoms with van der Waals surface area (Å²) in [4.78, 5) is 6.22. The van der Waals surface area contributed by atoms with E-state index in [1.165, 1.54) is 35.0 Å². The Labute approximate surface area is 163 Å². The maximum Gasteiger partial charge on any atom is 0.109 e. The summed E-state index contributed by atoms with van der Waals surface area (Å²) in [7, 11) is 0. The van der Waals surface area contributed by atoms with Gasteiger partial charge in [0, 0.05) is 36.0 Å². The quantitative estimate of drug-likeness (QED) is 0.683. The van der Waals surface area contributed by atoms with Gasteiger partial charge in [0.15, 0.2) is 0 Å². The third-order valence-corrected chi connectivity index (χ3v) is 6.30. The van der Waals surface area contributed by atoms with Gasteiger partial charge in [-0.1, -0.05) is 31.5 Å². The van der Waals surface area contributed by atoms with Crippen molar-refractivity contribution in [2.45, 2.75) is 65.0 Å². The fourth-order valence-corrected chi connectivity index (χ4v) is 4.54. The molecule has 1 aromatic heterocycles. The molecule has 0 fully saturated rings. The van der Waals surface area contributed by atoms with Gasteiger partial charge in [0.2, 0.25) is 0 Å². The van der Waals surface area contributed by atoms with Crippen LogP contribution in [0.15, 0.2) is 24.3 Å². The lowest BCUT2D eigenvalue weighted by Crippen LogP contribution is -2.47. The first-order valence-corrected chi connectivity index (χ1v) is 10.6. The van der Waals surface area contributed by atoms with Crippen molar-refractivity contribution in [1.29, 1.82) is 0 Å². The summed E-state index contributed by atoms with van der Waals surface area (Å²) in [5.74, 6) is 0.244. The number of fused-ring (bicyclic) bond motifs is 3. The molecule has 2 heterocycles. The van der Waals surface area contributed by atoms with Crippen LogP contribution in [0, 0.1) is 5.92 Å². The van der Waals surface area contributed by atoms with E-state index in [0.29, 0.717) is 6.04 Å². The standard InChI is InChI=1S/C23H36N2O2/c1-5-6-13-25(17(2)3)16-18(11-14-26)23(4)22-20(12-15-27-23)19-9-7-8-10-21(19)24-22/h7-10,17-18,24,26H,5-6,11-16H2,1-4H3. The fraction of sp³-hybridized carbons (Fsp3) is 0.652. The Morgan fingerprint density at radius 3 is 2.78 bits per heavy atom. The molecule has 2 N–H and O–H groups in total. The van der Waals surface area contributed by atoms with E-state index in [0.717, 1.165) is 32.5 Å². The van der Waals surface area contributed by atoms with Crippen molar-refractivity contribution in [2.24, 2.45) is 5.92 Å². The molecule has 0 saturated carbocycles. The molecule has 3 rings (SSSR count). The minimum atomic E-state index is -0.394. The molecule has 0 saturated heterocycles. The van der Waals surface area contributed by atoms with E-state index in [1.54, 1.807) is 0 Å². The highest BCUT2D eigenvalue weighted by molar-refractivity contribution is 5.85. The van der Waals surface area contributed by atoms with Crippen LogP contribution >= 0.6 is 0 Å². The number of unbranched alkanes of at least 4 members (excludes halogenated alkanes) is 1. The van der Waals surface area contributed by atoms with Gasteiger partial charge >= 0.3 is 0 Å². The highest BCUT2D eigenvalue weighted by Crippen LogP contribution is 2.43. The van der Waals surface area contributed by atoms with Crippen LogP contribution in [0.25, 0.3) is 10.9 Å². The van der Waals surface area contributed by atoms with Gasteiger partial charge in [-0.05, 0) is 58.2 Å². The molecule has 150 valence electrons. The Morgan fingerprint density at radius 1 is 1.30 bits per heavy atom. The van der Waals surface area contributed by atoms with Crippen LogP contribution in [0.1, 0.15) is 58.2 Å². The third-order valence-electron chi connectivity index (χ3n) is 6.30. The maximum absolute atomic E-state index is 9.81. The first-order chi connectivity index (χ1) is 13.0.